The molecule has 3 rings (SSSR count). The van der Waals surface area contributed by atoms with Gasteiger partial charge in [0.05, 0.1) is 0 Å². The number of benzene rings is 2. The Labute approximate surface area is 132 Å². The fourth-order valence-electron chi connectivity index (χ4n) is 2.86. The molecule has 108 valence electrons. The molecule has 0 aliphatic carbocycles. The molecular weight excluding hydrogens is 330 g/mol. The molecular formula is C17H16BrNO2. The topological polar surface area (TPSA) is 40.5 Å². The molecule has 1 aliphatic rings. The SMILES string of the molecule is O=C(O)[C@@H]1Cc2ccccc2CN1Cc1cccc(Br)c1. The molecule has 2 aromatic rings. The van der Waals surface area contributed by atoms with Crippen LogP contribution in [0.3, 0.4) is 0 Å². The van der Waals surface area contributed by atoms with Crippen LogP contribution in [0.2, 0.25) is 0 Å². The Balaban J connectivity index is 1.87. The van der Waals surface area contributed by atoms with Crippen molar-refractivity contribution in [3.63, 3.8) is 0 Å². The lowest BCUT2D eigenvalue weighted by molar-refractivity contribution is -0.144. The summed E-state index contributed by atoms with van der Waals surface area (Å²) >= 11 is 3.46. The Morgan fingerprint density at radius 1 is 1.19 bits per heavy atom. The normalized spacial score (nSPS) is 18.2. The molecule has 0 aromatic heterocycles. The lowest BCUT2D eigenvalue weighted by Gasteiger charge is -2.34. The van der Waals surface area contributed by atoms with Gasteiger partial charge in [-0.25, -0.2) is 0 Å². The first-order valence-electron chi connectivity index (χ1n) is 6.91. The average Bonchev–Trinajstić information content (AvgIpc) is 2.46. The van der Waals surface area contributed by atoms with Crippen molar-refractivity contribution in [3.05, 3.63) is 69.7 Å². The van der Waals surface area contributed by atoms with Gasteiger partial charge in [-0.3, -0.25) is 9.69 Å². The number of fused-ring (bicyclic) bond motifs is 1. The number of rotatable bonds is 3. The first kappa shape index (κ1) is 14.3. The van der Waals surface area contributed by atoms with Crippen molar-refractivity contribution in [1.82, 2.24) is 4.90 Å². The van der Waals surface area contributed by atoms with Crippen molar-refractivity contribution in [2.75, 3.05) is 0 Å². The molecule has 1 aliphatic heterocycles. The summed E-state index contributed by atoms with van der Waals surface area (Å²) in [5.41, 5.74) is 3.50. The lowest BCUT2D eigenvalue weighted by Crippen LogP contribution is -2.44. The Kier molecular flexibility index (Phi) is 4.08. The second kappa shape index (κ2) is 6.00. The third-order valence-electron chi connectivity index (χ3n) is 3.91. The summed E-state index contributed by atoms with van der Waals surface area (Å²) in [5, 5.41) is 9.52. The summed E-state index contributed by atoms with van der Waals surface area (Å²) in [6.07, 6.45) is 0.569. The van der Waals surface area contributed by atoms with Crippen LogP contribution in [0.25, 0.3) is 0 Å². The first-order valence-corrected chi connectivity index (χ1v) is 7.71. The maximum atomic E-state index is 11.6. The van der Waals surface area contributed by atoms with E-state index < -0.39 is 12.0 Å². The highest BCUT2D eigenvalue weighted by Gasteiger charge is 2.31. The highest BCUT2D eigenvalue weighted by atomic mass is 79.9. The van der Waals surface area contributed by atoms with Crippen LogP contribution in [0, 0.1) is 0 Å². The Morgan fingerprint density at radius 2 is 1.95 bits per heavy atom. The number of hydrogen-bond acceptors (Lipinski definition) is 2. The first-order chi connectivity index (χ1) is 10.1. The second-order valence-corrected chi connectivity index (χ2v) is 6.28. The van der Waals surface area contributed by atoms with E-state index in [0.29, 0.717) is 19.5 Å². The van der Waals surface area contributed by atoms with E-state index in [1.165, 1.54) is 5.56 Å². The van der Waals surface area contributed by atoms with Gasteiger partial charge >= 0.3 is 5.97 Å². The molecule has 1 atom stereocenters. The minimum Gasteiger partial charge on any atom is -0.480 e. The van der Waals surface area contributed by atoms with Crippen molar-refractivity contribution in [3.8, 4) is 0 Å². The van der Waals surface area contributed by atoms with E-state index in [2.05, 4.69) is 22.0 Å². The van der Waals surface area contributed by atoms with Crippen LogP contribution in [-0.2, 0) is 24.3 Å². The predicted octanol–water partition coefficient (Wildman–Crippen LogP) is 3.46. The molecule has 4 heteroatoms. The van der Waals surface area contributed by atoms with Gasteiger partial charge in [0.1, 0.15) is 6.04 Å². The number of carboxylic acids is 1. The lowest BCUT2D eigenvalue weighted by atomic mass is 9.93. The molecule has 2 aromatic carbocycles. The van der Waals surface area contributed by atoms with E-state index >= 15 is 0 Å². The molecule has 0 spiro atoms. The van der Waals surface area contributed by atoms with E-state index in [9.17, 15) is 9.90 Å². The Morgan fingerprint density at radius 3 is 2.67 bits per heavy atom. The molecule has 0 radical (unpaired) electrons. The molecule has 3 nitrogen and oxygen atoms in total. The van der Waals surface area contributed by atoms with Crippen molar-refractivity contribution >= 4 is 21.9 Å². The quantitative estimate of drug-likeness (QED) is 0.925. The van der Waals surface area contributed by atoms with Crippen LogP contribution in [0.15, 0.2) is 53.0 Å². The van der Waals surface area contributed by atoms with Crippen LogP contribution in [-0.4, -0.2) is 22.0 Å². The highest BCUT2D eigenvalue weighted by molar-refractivity contribution is 9.10. The zero-order chi connectivity index (χ0) is 14.8. The minimum absolute atomic E-state index is 0.459. The maximum Gasteiger partial charge on any atom is 0.321 e. The molecule has 1 heterocycles. The van der Waals surface area contributed by atoms with Gasteiger partial charge in [0.15, 0.2) is 0 Å². The number of aliphatic carboxylic acids is 1. The molecule has 0 bridgehead atoms. The largest absolute Gasteiger partial charge is 0.480 e. The third-order valence-corrected chi connectivity index (χ3v) is 4.40. The van der Waals surface area contributed by atoms with Crippen LogP contribution < -0.4 is 0 Å². The van der Waals surface area contributed by atoms with Crippen molar-refractivity contribution in [1.29, 1.82) is 0 Å². The van der Waals surface area contributed by atoms with Crippen LogP contribution in [0.4, 0.5) is 0 Å². The van der Waals surface area contributed by atoms with Gasteiger partial charge in [-0.05, 0) is 35.2 Å². The summed E-state index contributed by atoms with van der Waals surface area (Å²) in [4.78, 5) is 13.6. The monoisotopic (exact) mass is 345 g/mol. The fraction of sp³-hybridized carbons (Fsp3) is 0.235. The van der Waals surface area contributed by atoms with E-state index in [4.69, 9.17) is 0 Å². The number of halogens is 1. The zero-order valence-corrected chi connectivity index (χ0v) is 13.1. The molecule has 0 amide bonds. The molecule has 1 N–H and O–H groups in total. The number of nitrogens with zero attached hydrogens (tertiary/aromatic N) is 1. The van der Waals surface area contributed by atoms with Gasteiger partial charge < -0.3 is 5.11 Å². The molecule has 0 fully saturated rings. The van der Waals surface area contributed by atoms with E-state index in [1.54, 1.807) is 0 Å². The summed E-state index contributed by atoms with van der Waals surface area (Å²) in [6, 6.07) is 15.7. The minimum atomic E-state index is -0.750. The van der Waals surface area contributed by atoms with Crippen molar-refractivity contribution in [2.24, 2.45) is 0 Å². The van der Waals surface area contributed by atoms with E-state index in [1.807, 2.05) is 47.4 Å². The summed E-state index contributed by atoms with van der Waals surface area (Å²) in [7, 11) is 0. The van der Waals surface area contributed by atoms with Crippen LogP contribution in [0.1, 0.15) is 16.7 Å². The van der Waals surface area contributed by atoms with Gasteiger partial charge in [0.2, 0.25) is 0 Å². The van der Waals surface area contributed by atoms with Crippen LogP contribution >= 0.6 is 15.9 Å². The van der Waals surface area contributed by atoms with Gasteiger partial charge in [-0.1, -0.05) is 52.3 Å². The number of carbonyl (C=O) groups is 1. The molecule has 0 unspecified atom stereocenters. The summed E-state index contributed by atoms with van der Waals surface area (Å²) in [6.45, 7) is 1.32. The molecule has 0 saturated heterocycles. The predicted molar refractivity (Wildman–Crippen MR) is 85.0 cm³/mol. The molecule has 21 heavy (non-hydrogen) atoms. The van der Waals surface area contributed by atoms with Gasteiger partial charge in [-0.2, -0.15) is 0 Å². The molecule has 0 saturated carbocycles. The second-order valence-electron chi connectivity index (χ2n) is 5.36. The van der Waals surface area contributed by atoms with E-state index in [-0.39, 0.29) is 0 Å². The van der Waals surface area contributed by atoms with Crippen LogP contribution in [0.5, 0.6) is 0 Å². The Hall–Kier alpha value is -1.65. The summed E-state index contributed by atoms with van der Waals surface area (Å²) < 4.78 is 1.02. The standard InChI is InChI=1S/C17H16BrNO2/c18-15-7-3-4-12(8-15)10-19-11-14-6-2-1-5-13(14)9-16(19)17(20)21/h1-8,16H,9-11H2,(H,20,21)/t16-/m0/s1. The third kappa shape index (κ3) is 3.17. The smallest absolute Gasteiger partial charge is 0.321 e. The fourth-order valence-corrected chi connectivity index (χ4v) is 3.30. The number of hydrogen-bond donors (Lipinski definition) is 1. The highest BCUT2D eigenvalue weighted by Crippen LogP contribution is 2.25. The van der Waals surface area contributed by atoms with Gasteiger partial charge in [-0.15, -0.1) is 0 Å². The van der Waals surface area contributed by atoms with E-state index in [0.717, 1.165) is 15.6 Å². The summed E-state index contributed by atoms with van der Waals surface area (Å²) in [5.74, 6) is -0.750. The Bertz CT molecular complexity index is 671. The van der Waals surface area contributed by atoms with Crippen molar-refractivity contribution in [2.45, 2.75) is 25.6 Å². The average molecular weight is 346 g/mol. The number of carboxylic acid groups (broad SMARTS) is 1. The van der Waals surface area contributed by atoms with Crippen molar-refractivity contribution < 1.29 is 9.90 Å². The van der Waals surface area contributed by atoms with Gasteiger partial charge in [0, 0.05) is 17.6 Å². The zero-order valence-electron chi connectivity index (χ0n) is 11.5. The maximum absolute atomic E-state index is 11.6. The van der Waals surface area contributed by atoms with Gasteiger partial charge in [0.25, 0.3) is 0 Å².